The van der Waals surface area contributed by atoms with Crippen molar-refractivity contribution in [2.24, 2.45) is 4.99 Å². The number of carbonyl (C=O) groups excluding carboxylic acids is 1. The second-order valence-corrected chi connectivity index (χ2v) is 6.66. The summed E-state index contributed by atoms with van der Waals surface area (Å²) in [7, 11) is 1.64. The Labute approximate surface area is 128 Å². The number of thioether (sulfide) groups is 1. The zero-order chi connectivity index (χ0) is 14.7. The Morgan fingerprint density at radius 2 is 2.05 bits per heavy atom. The minimum atomic E-state index is -0.417. The van der Waals surface area contributed by atoms with E-state index in [9.17, 15) is 4.79 Å². The van der Waals surface area contributed by atoms with Gasteiger partial charge in [-0.2, -0.15) is 16.8 Å². The number of nitrogens with zero attached hydrogens (tertiary/aromatic N) is 1. The van der Waals surface area contributed by atoms with Gasteiger partial charge in [-0.15, -0.1) is 0 Å². The second kappa shape index (κ2) is 6.12. The third-order valence-electron chi connectivity index (χ3n) is 4.29. The first-order valence-corrected chi connectivity index (χ1v) is 8.45. The van der Waals surface area contributed by atoms with Gasteiger partial charge in [0.05, 0.1) is 12.6 Å². The number of benzene rings is 1. The van der Waals surface area contributed by atoms with Crippen molar-refractivity contribution < 1.29 is 14.3 Å². The standard InChI is InChI=1S/C16H19NO3S/c1-19-15-8-12(16(17-11-18)6-2-3-7-16)4-5-14(15)20-13-9-21-10-13/h4-5,8,13H,2-3,6-7,9-10H2,1H3. The highest BCUT2D eigenvalue weighted by Crippen LogP contribution is 2.44. The van der Waals surface area contributed by atoms with E-state index < -0.39 is 5.54 Å². The van der Waals surface area contributed by atoms with E-state index >= 15 is 0 Å². The largest absolute Gasteiger partial charge is 0.493 e. The summed E-state index contributed by atoms with van der Waals surface area (Å²) in [6.45, 7) is 0. The van der Waals surface area contributed by atoms with E-state index in [2.05, 4.69) is 4.99 Å². The van der Waals surface area contributed by atoms with E-state index in [1.807, 2.05) is 30.0 Å². The fourth-order valence-electron chi connectivity index (χ4n) is 3.03. The number of aliphatic imine (C=N–C) groups is 1. The van der Waals surface area contributed by atoms with Crippen LogP contribution >= 0.6 is 11.8 Å². The summed E-state index contributed by atoms with van der Waals surface area (Å²) in [4.78, 5) is 14.9. The first-order valence-electron chi connectivity index (χ1n) is 7.29. The van der Waals surface area contributed by atoms with Gasteiger partial charge in [0.1, 0.15) is 6.10 Å². The third kappa shape index (κ3) is 2.81. The molecule has 0 bridgehead atoms. The first-order chi connectivity index (χ1) is 10.3. The van der Waals surface area contributed by atoms with Gasteiger partial charge >= 0.3 is 0 Å². The molecule has 0 radical (unpaired) electrons. The molecule has 5 heteroatoms. The minimum Gasteiger partial charge on any atom is -0.493 e. The maximum absolute atomic E-state index is 10.8. The van der Waals surface area contributed by atoms with E-state index in [0.717, 1.165) is 54.3 Å². The van der Waals surface area contributed by atoms with Crippen LogP contribution in [-0.4, -0.2) is 30.8 Å². The van der Waals surface area contributed by atoms with Gasteiger partial charge in [-0.05, 0) is 30.5 Å². The Bertz CT molecular complexity index is 559. The normalized spacial score (nSPS) is 20.4. The van der Waals surface area contributed by atoms with Gasteiger partial charge in [0.25, 0.3) is 0 Å². The lowest BCUT2D eigenvalue weighted by molar-refractivity contribution is 0.228. The van der Waals surface area contributed by atoms with Crippen LogP contribution in [0.5, 0.6) is 11.5 Å². The van der Waals surface area contributed by atoms with E-state index in [4.69, 9.17) is 9.47 Å². The summed E-state index contributed by atoms with van der Waals surface area (Å²) >= 11 is 1.88. The van der Waals surface area contributed by atoms with Crippen LogP contribution in [-0.2, 0) is 10.3 Å². The number of methoxy groups -OCH3 is 1. The molecule has 1 aromatic rings. The van der Waals surface area contributed by atoms with Crippen molar-refractivity contribution in [1.29, 1.82) is 0 Å². The van der Waals surface area contributed by atoms with Crippen molar-refractivity contribution >= 4 is 17.8 Å². The highest BCUT2D eigenvalue weighted by Gasteiger charge is 2.36. The zero-order valence-corrected chi connectivity index (χ0v) is 12.9. The topological polar surface area (TPSA) is 47.9 Å². The van der Waals surface area contributed by atoms with Crippen molar-refractivity contribution in [3.63, 3.8) is 0 Å². The van der Waals surface area contributed by atoms with Gasteiger partial charge in [-0.25, -0.2) is 4.79 Å². The summed E-state index contributed by atoms with van der Waals surface area (Å²) in [5.41, 5.74) is 0.607. The van der Waals surface area contributed by atoms with Crippen molar-refractivity contribution in [1.82, 2.24) is 0 Å². The number of rotatable bonds is 5. The van der Waals surface area contributed by atoms with Crippen LogP contribution < -0.4 is 9.47 Å². The van der Waals surface area contributed by atoms with Crippen LogP contribution in [0, 0.1) is 0 Å². The van der Waals surface area contributed by atoms with E-state index in [0.29, 0.717) is 0 Å². The zero-order valence-electron chi connectivity index (χ0n) is 12.1. The molecule has 0 amide bonds. The molecule has 3 rings (SSSR count). The van der Waals surface area contributed by atoms with Crippen molar-refractivity contribution in [2.75, 3.05) is 18.6 Å². The first kappa shape index (κ1) is 14.5. The van der Waals surface area contributed by atoms with Crippen molar-refractivity contribution in [2.45, 2.75) is 37.3 Å². The fourth-order valence-corrected chi connectivity index (χ4v) is 3.59. The quantitative estimate of drug-likeness (QED) is 0.618. The second-order valence-electron chi connectivity index (χ2n) is 5.58. The summed E-state index contributed by atoms with van der Waals surface area (Å²) in [6.07, 6.45) is 6.00. The predicted molar refractivity (Wildman–Crippen MR) is 83.0 cm³/mol. The molecular weight excluding hydrogens is 286 g/mol. The average molecular weight is 305 g/mol. The molecule has 21 heavy (non-hydrogen) atoms. The Balaban J connectivity index is 1.90. The predicted octanol–water partition coefficient (Wildman–Crippen LogP) is 3.29. The Kier molecular flexibility index (Phi) is 4.22. The molecule has 2 fully saturated rings. The van der Waals surface area contributed by atoms with E-state index in [1.165, 1.54) is 0 Å². The van der Waals surface area contributed by atoms with Crippen LogP contribution in [0.2, 0.25) is 0 Å². The minimum absolute atomic E-state index is 0.281. The number of ether oxygens (including phenoxy) is 2. The van der Waals surface area contributed by atoms with Gasteiger partial charge in [-0.3, -0.25) is 0 Å². The Morgan fingerprint density at radius 3 is 2.62 bits per heavy atom. The molecule has 0 spiro atoms. The number of isocyanates is 1. The molecule has 1 aromatic carbocycles. The van der Waals surface area contributed by atoms with Gasteiger partial charge in [0, 0.05) is 11.5 Å². The SMILES string of the molecule is COc1cc(C2(N=C=O)CCCC2)ccc1OC1CSC1. The molecule has 2 aliphatic rings. The van der Waals surface area contributed by atoms with Crippen LogP contribution in [0.25, 0.3) is 0 Å². The van der Waals surface area contributed by atoms with E-state index in [-0.39, 0.29) is 6.10 Å². The van der Waals surface area contributed by atoms with Crippen LogP contribution in [0.3, 0.4) is 0 Å². The lowest BCUT2D eigenvalue weighted by Gasteiger charge is -2.28. The molecule has 1 saturated heterocycles. The molecule has 1 aliphatic carbocycles. The van der Waals surface area contributed by atoms with Gasteiger partial charge in [-0.1, -0.05) is 18.9 Å². The van der Waals surface area contributed by atoms with Crippen LogP contribution in [0.15, 0.2) is 23.2 Å². The summed E-state index contributed by atoms with van der Waals surface area (Å²) in [5, 5.41) is 0. The Hall–Kier alpha value is -1.45. The Morgan fingerprint density at radius 1 is 1.29 bits per heavy atom. The van der Waals surface area contributed by atoms with E-state index in [1.54, 1.807) is 13.2 Å². The molecule has 0 aromatic heterocycles. The van der Waals surface area contributed by atoms with Gasteiger partial charge in [0.2, 0.25) is 6.08 Å². The maximum atomic E-state index is 10.8. The molecular formula is C16H19NO3S. The molecule has 4 nitrogen and oxygen atoms in total. The smallest absolute Gasteiger partial charge is 0.235 e. The highest BCUT2D eigenvalue weighted by atomic mass is 32.2. The molecule has 0 atom stereocenters. The van der Waals surface area contributed by atoms with Gasteiger partial charge in [0.15, 0.2) is 11.5 Å². The third-order valence-corrected chi connectivity index (χ3v) is 5.51. The number of hydrogen-bond donors (Lipinski definition) is 0. The molecule has 1 aliphatic heterocycles. The highest BCUT2D eigenvalue weighted by molar-refractivity contribution is 8.00. The van der Waals surface area contributed by atoms with Gasteiger partial charge < -0.3 is 9.47 Å². The summed E-state index contributed by atoms with van der Waals surface area (Å²) in [5.74, 6) is 3.56. The average Bonchev–Trinajstić information content (AvgIpc) is 2.93. The van der Waals surface area contributed by atoms with Crippen molar-refractivity contribution in [3.05, 3.63) is 23.8 Å². The molecule has 1 saturated carbocycles. The summed E-state index contributed by atoms with van der Waals surface area (Å²) in [6, 6.07) is 5.92. The number of hydrogen-bond acceptors (Lipinski definition) is 5. The summed E-state index contributed by atoms with van der Waals surface area (Å²) < 4.78 is 11.4. The monoisotopic (exact) mass is 305 g/mol. The lowest BCUT2D eigenvalue weighted by Crippen LogP contribution is -2.31. The molecule has 0 unspecified atom stereocenters. The molecule has 0 N–H and O–H groups in total. The molecule has 112 valence electrons. The van der Waals surface area contributed by atoms with Crippen LogP contribution in [0.4, 0.5) is 0 Å². The lowest BCUT2D eigenvalue weighted by atomic mass is 9.88. The molecule has 1 heterocycles. The van der Waals surface area contributed by atoms with Crippen LogP contribution in [0.1, 0.15) is 31.2 Å². The van der Waals surface area contributed by atoms with Crippen molar-refractivity contribution in [3.8, 4) is 11.5 Å². The maximum Gasteiger partial charge on any atom is 0.235 e. The fraction of sp³-hybridized carbons (Fsp3) is 0.562.